The quantitative estimate of drug-likeness (QED) is 0.703. The smallest absolute Gasteiger partial charge is 0.308 e. The number of thioether (sulfide) groups is 1. The van der Waals surface area contributed by atoms with Crippen molar-refractivity contribution < 1.29 is 13.9 Å². The fourth-order valence-corrected chi connectivity index (χ4v) is 2.53. The van der Waals surface area contributed by atoms with Crippen LogP contribution in [0.2, 0.25) is 0 Å². The summed E-state index contributed by atoms with van der Waals surface area (Å²) in [7, 11) is 1.67. The van der Waals surface area contributed by atoms with Gasteiger partial charge in [0.1, 0.15) is 11.4 Å². The zero-order valence-corrected chi connectivity index (χ0v) is 14.2. The SMILES string of the molecule is CCOc1oc(CCc2ccc(OC)cc2)nc1CCSC. The minimum absolute atomic E-state index is 0.585. The predicted molar refractivity (Wildman–Crippen MR) is 90.2 cm³/mol. The van der Waals surface area contributed by atoms with Crippen LogP contribution in [0.5, 0.6) is 11.7 Å². The molecule has 2 aromatic rings. The van der Waals surface area contributed by atoms with Crippen LogP contribution >= 0.6 is 11.8 Å². The number of oxazole rings is 1. The Morgan fingerprint density at radius 2 is 1.91 bits per heavy atom. The van der Waals surface area contributed by atoms with Crippen molar-refractivity contribution in [3.63, 3.8) is 0 Å². The van der Waals surface area contributed by atoms with Gasteiger partial charge in [0, 0.05) is 12.8 Å². The van der Waals surface area contributed by atoms with Gasteiger partial charge >= 0.3 is 5.95 Å². The number of aryl methyl sites for hydroxylation is 3. The Balaban J connectivity index is 1.98. The zero-order chi connectivity index (χ0) is 15.8. The van der Waals surface area contributed by atoms with E-state index in [1.54, 1.807) is 18.9 Å². The maximum atomic E-state index is 5.75. The fraction of sp³-hybridized carbons (Fsp3) is 0.471. The molecule has 0 fully saturated rings. The lowest BCUT2D eigenvalue weighted by atomic mass is 10.1. The number of ether oxygens (including phenoxy) is 2. The van der Waals surface area contributed by atoms with Crippen LogP contribution in [0.3, 0.4) is 0 Å². The Morgan fingerprint density at radius 3 is 2.55 bits per heavy atom. The first kappa shape index (κ1) is 16.7. The van der Waals surface area contributed by atoms with Crippen LogP contribution in [-0.2, 0) is 19.3 Å². The first-order valence-electron chi connectivity index (χ1n) is 7.50. The third kappa shape index (κ3) is 4.70. The molecule has 120 valence electrons. The van der Waals surface area contributed by atoms with Crippen LogP contribution in [0.4, 0.5) is 0 Å². The van der Waals surface area contributed by atoms with Crippen LogP contribution in [0.1, 0.15) is 24.1 Å². The van der Waals surface area contributed by atoms with Crippen molar-refractivity contribution in [3.05, 3.63) is 41.4 Å². The largest absolute Gasteiger partial charge is 0.497 e. The molecule has 0 amide bonds. The van der Waals surface area contributed by atoms with Gasteiger partial charge in [0.15, 0.2) is 5.89 Å². The van der Waals surface area contributed by atoms with Crippen molar-refractivity contribution >= 4 is 11.8 Å². The summed E-state index contributed by atoms with van der Waals surface area (Å²) in [5.41, 5.74) is 2.17. The molecule has 1 heterocycles. The second-order valence-corrected chi connectivity index (χ2v) is 5.85. The summed E-state index contributed by atoms with van der Waals surface area (Å²) in [6.07, 6.45) is 4.62. The maximum Gasteiger partial charge on any atom is 0.308 e. The van der Waals surface area contributed by atoms with Gasteiger partial charge in [-0.25, -0.2) is 4.98 Å². The lowest BCUT2D eigenvalue weighted by molar-refractivity contribution is 0.247. The Kier molecular flexibility index (Phi) is 6.65. The normalized spacial score (nSPS) is 10.7. The Hall–Kier alpha value is -1.62. The summed E-state index contributed by atoms with van der Waals surface area (Å²) in [5.74, 6) is 3.22. The number of methoxy groups -OCH3 is 1. The third-order valence-electron chi connectivity index (χ3n) is 3.31. The number of rotatable bonds is 9. The fourth-order valence-electron chi connectivity index (χ4n) is 2.14. The number of hydrogen-bond donors (Lipinski definition) is 0. The van der Waals surface area contributed by atoms with E-state index < -0.39 is 0 Å². The summed E-state index contributed by atoms with van der Waals surface area (Å²) < 4.78 is 16.5. The van der Waals surface area contributed by atoms with E-state index in [1.165, 1.54) is 5.56 Å². The highest BCUT2D eigenvalue weighted by molar-refractivity contribution is 7.98. The van der Waals surface area contributed by atoms with Crippen LogP contribution in [0.15, 0.2) is 28.7 Å². The van der Waals surface area contributed by atoms with Crippen LogP contribution in [0.25, 0.3) is 0 Å². The second kappa shape index (κ2) is 8.73. The molecule has 0 saturated carbocycles. The topological polar surface area (TPSA) is 44.5 Å². The highest BCUT2D eigenvalue weighted by Gasteiger charge is 2.14. The Morgan fingerprint density at radius 1 is 1.14 bits per heavy atom. The molecule has 22 heavy (non-hydrogen) atoms. The van der Waals surface area contributed by atoms with Crippen LogP contribution in [-0.4, -0.2) is 30.7 Å². The molecule has 0 aliphatic heterocycles. The van der Waals surface area contributed by atoms with Crippen LogP contribution in [0, 0.1) is 0 Å². The maximum absolute atomic E-state index is 5.75. The molecule has 0 atom stereocenters. The van der Waals surface area contributed by atoms with Gasteiger partial charge < -0.3 is 13.9 Å². The minimum atomic E-state index is 0.585. The molecular weight excluding hydrogens is 298 g/mol. The summed E-state index contributed by atoms with van der Waals surface area (Å²) >= 11 is 1.80. The number of nitrogens with zero attached hydrogens (tertiary/aromatic N) is 1. The van der Waals surface area contributed by atoms with Gasteiger partial charge in [-0.15, -0.1) is 0 Å². The van der Waals surface area contributed by atoms with E-state index in [9.17, 15) is 0 Å². The standard InChI is InChI=1S/C17H23NO3S/c1-4-20-17-15(11-12-22-3)18-16(21-17)10-7-13-5-8-14(19-2)9-6-13/h5-6,8-9H,4,7,10-12H2,1-3H3. The van der Waals surface area contributed by atoms with Crippen molar-refractivity contribution in [2.75, 3.05) is 25.7 Å². The molecule has 0 spiro atoms. The van der Waals surface area contributed by atoms with Crippen LogP contribution < -0.4 is 9.47 Å². The molecular formula is C17H23NO3S. The van der Waals surface area contributed by atoms with E-state index in [0.29, 0.717) is 12.6 Å². The average Bonchev–Trinajstić information content (AvgIpc) is 2.94. The highest BCUT2D eigenvalue weighted by atomic mass is 32.2. The van der Waals surface area contributed by atoms with Gasteiger partial charge in [-0.3, -0.25) is 0 Å². The molecule has 0 saturated heterocycles. The molecule has 5 heteroatoms. The molecule has 0 unspecified atom stereocenters. The van der Waals surface area contributed by atoms with Crippen molar-refractivity contribution in [1.82, 2.24) is 4.98 Å². The summed E-state index contributed by atoms with van der Waals surface area (Å²) in [5, 5.41) is 0. The first-order chi connectivity index (χ1) is 10.8. The molecule has 2 rings (SSSR count). The Bertz CT molecular complexity index is 566. The van der Waals surface area contributed by atoms with Gasteiger partial charge in [-0.1, -0.05) is 12.1 Å². The number of benzene rings is 1. The van der Waals surface area contributed by atoms with Crippen molar-refractivity contribution in [2.45, 2.75) is 26.2 Å². The number of hydrogen-bond acceptors (Lipinski definition) is 5. The van der Waals surface area contributed by atoms with Gasteiger partial charge in [-0.2, -0.15) is 11.8 Å². The van der Waals surface area contributed by atoms with E-state index in [4.69, 9.17) is 13.9 Å². The molecule has 0 N–H and O–H groups in total. The summed E-state index contributed by atoms with van der Waals surface area (Å²) in [6, 6.07) is 8.08. The lowest BCUT2D eigenvalue weighted by Crippen LogP contribution is -1.96. The van der Waals surface area contributed by atoms with E-state index in [-0.39, 0.29) is 0 Å². The van der Waals surface area contributed by atoms with Gasteiger partial charge in [-0.05, 0) is 43.0 Å². The van der Waals surface area contributed by atoms with Gasteiger partial charge in [0.2, 0.25) is 0 Å². The Labute approximate surface area is 136 Å². The third-order valence-corrected chi connectivity index (χ3v) is 3.92. The van der Waals surface area contributed by atoms with Crippen molar-refractivity contribution in [2.24, 2.45) is 0 Å². The van der Waals surface area contributed by atoms with Gasteiger partial charge in [0.25, 0.3) is 0 Å². The first-order valence-corrected chi connectivity index (χ1v) is 8.89. The predicted octanol–water partition coefficient (Wildman–Crippen LogP) is 3.77. The molecule has 0 radical (unpaired) electrons. The average molecular weight is 321 g/mol. The molecule has 1 aromatic heterocycles. The molecule has 4 nitrogen and oxygen atoms in total. The van der Waals surface area contributed by atoms with E-state index >= 15 is 0 Å². The van der Waals surface area contributed by atoms with E-state index in [2.05, 4.69) is 23.4 Å². The summed E-state index contributed by atoms with van der Waals surface area (Å²) in [4.78, 5) is 4.59. The summed E-state index contributed by atoms with van der Waals surface area (Å²) in [6.45, 7) is 2.55. The molecule has 0 bridgehead atoms. The van der Waals surface area contributed by atoms with Crippen molar-refractivity contribution in [3.8, 4) is 11.7 Å². The highest BCUT2D eigenvalue weighted by Crippen LogP contribution is 2.23. The second-order valence-electron chi connectivity index (χ2n) is 4.87. The van der Waals surface area contributed by atoms with Gasteiger partial charge in [0.05, 0.1) is 13.7 Å². The molecule has 0 aliphatic carbocycles. The monoisotopic (exact) mass is 321 g/mol. The van der Waals surface area contributed by atoms with E-state index in [1.807, 2.05) is 19.1 Å². The molecule has 1 aromatic carbocycles. The minimum Gasteiger partial charge on any atom is -0.497 e. The zero-order valence-electron chi connectivity index (χ0n) is 13.4. The number of aromatic nitrogens is 1. The molecule has 0 aliphatic rings. The van der Waals surface area contributed by atoms with Crippen molar-refractivity contribution in [1.29, 1.82) is 0 Å². The lowest BCUT2D eigenvalue weighted by Gasteiger charge is -2.02. The van der Waals surface area contributed by atoms with E-state index in [0.717, 1.165) is 42.3 Å².